The van der Waals surface area contributed by atoms with E-state index in [-0.39, 0.29) is 6.10 Å². The van der Waals surface area contributed by atoms with Crippen molar-refractivity contribution < 1.29 is 5.11 Å². The Morgan fingerprint density at radius 3 is 2.45 bits per heavy atom. The zero-order valence-corrected chi connectivity index (χ0v) is 17.2. The molecule has 0 bridgehead atoms. The molecule has 2 fully saturated rings. The molecule has 0 saturated carbocycles. The van der Waals surface area contributed by atoms with E-state index in [0.29, 0.717) is 5.92 Å². The summed E-state index contributed by atoms with van der Waals surface area (Å²) < 4.78 is 0. The van der Waals surface area contributed by atoms with Crippen LogP contribution in [0.5, 0.6) is 0 Å². The van der Waals surface area contributed by atoms with Crippen molar-refractivity contribution in [3.8, 4) is 0 Å². The second-order valence-electron chi connectivity index (χ2n) is 9.13. The van der Waals surface area contributed by atoms with E-state index < -0.39 is 0 Å². The Bertz CT molecular complexity index is 845. The van der Waals surface area contributed by atoms with Gasteiger partial charge in [0.25, 0.3) is 0 Å². The van der Waals surface area contributed by atoms with Crippen molar-refractivity contribution in [2.75, 3.05) is 32.7 Å². The van der Waals surface area contributed by atoms with Crippen LogP contribution in [0.1, 0.15) is 29.5 Å². The maximum absolute atomic E-state index is 9.68. The number of allylic oxidation sites excluding steroid dienone is 1. The topological polar surface area (TPSA) is 26.7 Å². The van der Waals surface area contributed by atoms with Crippen molar-refractivity contribution in [1.82, 2.24) is 9.80 Å². The Kier molecular flexibility index (Phi) is 5.54. The van der Waals surface area contributed by atoms with Crippen molar-refractivity contribution in [3.63, 3.8) is 0 Å². The van der Waals surface area contributed by atoms with Gasteiger partial charge in [-0.2, -0.15) is 0 Å². The lowest BCUT2D eigenvalue weighted by atomic mass is 9.90. The van der Waals surface area contributed by atoms with E-state index in [9.17, 15) is 5.11 Å². The predicted molar refractivity (Wildman–Crippen MR) is 119 cm³/mol. The molecule has 0 radical (unpaired) electrons. The van der Waals surface area contributed by atoms with Gasteiger partial charge in [-0.3, -0.25) is 4.90 Å². The zero-order valence-electron chi connectivity index (χ0n) is 17.2. The second kappa shape index (κ2) is 8.43. The molecule has 2 heterocycles. The molecule has 3 heteroatoms. The molecule has 2 saturated heterocycles. The number of hydrogen-bond acceptors (Lipinski definition) is 3. The van der Waals surface area contributed by atoms with Gasteiger partial charge in [-0.25, -0.2) is 0 Å². The van der Waals surface area contributed by atoms with Crippen molar-refractivity contribution >= 4 is 5.57 Å². The molecule has 5 rings (SSSR count). The first-order valence-corrected chi connectivity index (χ1v) is 11.2. The van der Waals surface area contributed by atoms with Crippen LogP contribution in [0.25, 0.3) is 5.57 Å². The van der Waals surface area contributed by atoms with E-state index in [1.807, 2.05) is 0 Å². The minimum atomic E-state index is -0.118. The molecule has 3 unspecified atom stereocenters. The van der Waals surface area contributed by atoms with Crippen molar-refractivity contribution in [2.45, 2.75) is 31.9 Å². The summed E-state index contributed by atoms with van der Waals surface area (Å²) in [5.41, 5.74) is 5.81. The zero-order chi connectivity index (χ0) is 19.6. The number of nitrogens with zero attached hydrogens (tertiary/aromatic N) is 2. The Hall–Kier alpha value is -1.94. The largest absolute Gasteiger partial charge is 0.392 e. The fourth-order valence-corrected chi connectivity index (χ4v) is 5.45. The highest BCUT2D eigenvalue weighted by atomic mass is 16.3. The molecule has 152 valence electrons. The molecule has 3 atom stereocenters. The van der Waals surface area contributed by atoms with Gasteiger partial charge in [0.1, 0.15) is 0 Å². The first-order valence-electron chi connectivity index (χ1n) is 11.2. The molecule has 2 aliphatic heterocycles. The quantitative estimate of drug-likeness (QED) is 0.815. The van der Waals surface area contributed by atoms with Gasteiger partial charge < -0.3 is 10.0 Å². The maximum Gasteiger partial charge on any atom is 0.0679 e. The van der Waals surface area contributed by atoms with Crippen LogP contribution in [-0.2, 0) is 13.0 Å². The van der Waals surface area contributed by atoms with Crippen LogP contribution >= 0.6 is 0 Å². The summed E-state index contributed by atoms with van der Waals surface area (Å²) in [6.07, 6.45) is 5.60. The molecule has 3 aliphatic rings. The molecule has 0 spiro atoms. The van der Waals surface area contributed by atoms with Crippen LogP contribution in [-0.4, -0.2) is 53.7 Å². The minimum Gasteiger partial charge on any atom is -0.392 e. The highest BCUT2D eigenvalue weighted by Crippen LogP contribution is 2.43. The van der Waals surface area contributed by atoms with E-state index in [4.69, 9.17) is 0 Å². The fraction of sp³-hybridized carbons (Fsp3) is 0.462. The lowest BCUT2D eigenvalue weighted by molar-refractivity contribution is 0.177. The Morgan fingerprint density at radius 1 is 0.862 bits per heavy atom. The summed E-state index contributed by atoms with van der Waals surface area (Å²) in [6.45, 7) is 6.41. The van der Waals surface area contributed by atoms with Crippen LogP contribution < -0.4 is 0 Å². The molecular weight excluding hydrogens is 356 g/mol. The maximum atomic E-state index is 9.68. The Labute approximate surface area is 174 Å². The van der Waals surface area contributed by atoms with Crippen molar-refractivity contribution in [3.05, 3.63) is 77.4 Å². The number of fused-ring (bicyclic) bond motifs is 1. The number of rotatable bonds is 6. The number of benzene rings is 2. The normalized spacial score (nSPS) is 27.3. The minimum absolute atomic E-state index is 0.118. The Balaban J connectivity index is 1.18. The molecule has 29 heavy (non-hydrogen) atoms. The molecule has 0 aromatic heterocycles. The lowest BCUT2D eigenvalue weighted by Gasteiger charge is -2.18. The van der Waals surface area contributed by atoms with Gasteiger partial charge in [0.05, 0.1) is 6.10 Å². The van der Waals surface area contributed by atoms with Crippen LogP contribution in [0.4, 0.5) is 0 Å². The van der Waals surface area contributed by atoms with E-state index >= 15 is 0 Å². The van der Waals surface area contributed by atoms with Crippen molar-refractivity contribution in [2.24, 2.45) is 11.8 Å². The molecule has 0 amide bonds. The van der Waals surface area contributed by atoms with E-state index in [2.05, 4.69) is 70.5 Å². The number of β-amino-alcohol motifs (C(OH)–C–C–N with tert-alkyl or cyclic N) is 1. The van der Waals surface area contributed by atoms with Gasteiger partial charge in [0.2, 0.25) is 0 Å². The molecule has 1 N–H and O–H groups in total. The average Bonchev–Trinajstić information content (AvgIpc) is 3.43. The smallest absolute Gasteiger partial charge is 0.0679 e. The summed E-state index contributed by atoms with van der Waals surface area (Å²) in [4.78, 5) is 5.01. The van der Waals surface area contributed by atoms with Gasteiger partial charge in [-0.1, -0.05) is 60.7 Å². The van der Waals surface area contributed by atoms with Crippen LogP contribution in [0.2, 0.25) is 0 Å². The van der Waals surface area contributed by atoms with Crippen LogP contribution in [0.3, 0.4) is 0 Å². The number of aliphatic hydroxyl groups is 1. The van der Waals surface area contributed by atoms with E-state index in [1.165, 1.54) is 36.2 Å². The highest BCUT2D eigenvalue weighted by Gasteiger charge is 2.38. The molecule has 1 aliphatic carbocycles. The molecule has 2 aromatic carbocycles. The molecule has 3 nitrogen and oxygen atoms in total. The summed E-state index contributed by atoms with van der Waals surface area (Å²) in [5.74, 6) is 1.48. The van der Waals surface area contributed by atoms with Crippen LogP contribution in [0, 0.1) is 11.8 Å². The summed E-state index contributed by atoms with van der Waals surface area (Å²) in [5, 5.41) is 9.68. The number of likely N-dealkylation sites (tertiary alicyclic amines) is 2. The monoisotopic (exact) mass is 388 g/mol. The van der Waals surface area contributed by atoms with Gasteiger partial charge in [-0.15, -0.1) is 0 Å². The summed E-state index contributed by atoms with van der Waals surface area (Å²) in [6, 6.07) is 20.2. The SMILES string of the molecule is OC1CCN(CCc2ccc(C3=CCC4CN(Cc5ccccc5)CC34)cc2)C1. The van der Waals surface area contributed by atoms with Gasteiger partial charge in [0.15, 0.2) is 0 Å². The van der Waals surface area contributed by atoms with Gasteiger partial charge >= 0.3 is 0 Å². The molecule has 2 aromatic rings. The van der Waals surface area contributed by atoms with Gasteiger partial charge in [-0.05, 0) is 47.4 Å². The van der Waals surface area contributed by atoms with E-state index in [0.717, 1.165) is 44.9 Å². The molecular formula is C26H32N2O. The lowest BCUT2D eigenvalue weighted by Crippen LogP contribution is -2.24. The highest BCUT2D eigenvalue weighted by molar-refractivity contribution is 5.70. The fourth-order valence-electron chi connectivity index (χ4n) is 5.45. The average molecular weight is 389 g/mol. The summed E-state index contributed by atoms with van der Waals surface area (Å²) in [7, 11) is 0. The standard InChI is InChI=1S/C26H32N2O/c29-24-13-15-27(18-24)14-12-20-6-8-22(9-7-20)25-11-10-23-17-28(19-26(23)25)16-21-4-2-1-3-5-21/h1-9,11,23-24,26,29H,10,12-19H2. The van der Waals surface area contributed by atoms with Crippen LogP contribution in [0.15, 0.2) is 60.7 Å². The Morgan fingerprint density at radius 2 is 1.69 bits per heavy atom. The number of hydrogen-bond donors (Lipinski definition) is 1. The van der Waals surface area contributed by atoms with E-state index in [1.54, 1.807) is 5.57 Å². The summed E-state index contributed by atoms with van der Waals surface area (Å²) >= 11 is 0. The third kappa shape index (κ3) is 4.32. The first-order chi connectivity index (χ1) is 14.2. The third-order valence-electron chi connectivity index (χ3n) is 7.06. The second-order valence-corrected chi connectivity index (χ2v) is 9.13. The van der Waals surface area contributed by atoms with Gasteiger partial charge in [0, 0.05) is 45.2 Å². The third-order valence-corrected chi connectivity index (χ3v) is 7.06. The number of aliphatic hydroxyl groups excluding tert-OH is 1. The van der Waals surface area contributed by atoms with Crippen molar-refractivity contribution in [1.29, 1.82) is 0 Å². The first kappa shape index (κ1) is 19.0. The predicted octanol–water partition coefficient (Wildman–Crippen LogP) is 3.83.